The minimum atomic E-state index is 0.500. The lowest BCUT2D eigenvalue weighted by Crippen LogP contribution is -2.10. The Kier molecular flexibility index (Phi) is 6.07. The summed E-state index contributed by atoms with van der Waals surface area (Å²) in [5.74, 6) is 1.74. The monoisotopic (exact) mass is 333 g/mol. The van der Waals surface area contributed by atoms with Crippen molar-refractivity contribution in [3.05, 3.63) is 84.4 Å². The standard InChI is InChI=1S/C22H23NO2/c1-23-17-18-8-7-11-20(16-18)24-14-15-25-22-13-6-5-12-21(22)19-9-3-2-4-10-19/h2-13,16,23H,14-15,17H2,1H3. The van der Waals surface area contributed by atoms with Gasteiger partial charge in [0.25, 0.3) is 0 Å². The maximum Gasteiger partial charge on any atom is 0.127 e. The van der Waals surface area contributed by atoms with E-state index in [2.05, 4.69) is 35.6 Å². The average molecular weight is 333 g/mol. The van der Waals surface area contributed by atoms with Gasteiger partial charge in [0.1, 0.15) is 24.7 Å². The Morgan fingerprint density at radius 1 is 0.760 bits per heavy atom. The summed E-state index contributed by atoms with van der Waals surface area (Å²) < 4.78 is 11.8. The lowest BCUT2D eigenvalue weighted by atomic mass is 10.1. The van der Waals surface area contributed by atoms with Crippen molar-refractivity contribution in [1.82, 2.24) is 5.32 Å². The number of rotatable bonds is 8. The molecule has 0 aliphatic rings. The van der Waals surface area contributed by atoms with Crippen molar-refractivity contribution in [2.75, 3.05) is 20.3 Å². The predicted octanol–water partition coefficient (Wildman–Crippen LogP) is 4.53. The summed E-state index contributed by atoms with van der Waals surface area (Å²) in [5, 5.41) is 3.14. The highest BCUT2D eigenvalue weighted by molar-refractivity contribution is 5.70. The molecule has 0 atom stereocenters. The van der Waals surface area contributed by atoms with E-state index in [1.807, 2.05) is 55.6 Å². The van der Waals surface area contributed by atoms with E-state index in [1.165, 1.54) is 5.56 Å². The zero-order valence-corrected chi connectivity index (χ0v) is 14.4. The van der Waals surface area contributed by atoms with E-state index in [0.29, 0.717) is 13.2 Å². The number of ether oxygens (including phenoxy) is 2. The van der Waals surface area contributed by atoms with Crippen molar-refractivity contribution in [3.63, 3.8) is 0 Å². The Hall–Kier alpha value is -2.78. The van der Waals surface area contributed by atoms with E-state index in [-0.39, 0.29) is 0 Å². The highest BCUT2D eigenvalue weighted by Gasteiger charge is 2.05. The lowest BCUT2D eigenvalue weighted by molar-refractivity contribution is 0.217. The van der Waals surface area contributed by atoms with Crippen LogP contribution in [0.2, 0.25) is 0 Å². The first-order valence-electron chi connectivity index (χ1n) is 8.50. The van der Waals surface area contributed by atoms with Gasteiger partial charge >= 0.3 is 0 Å². The predicted molar refractivity (Wildman–Crippen MR) is 102 cm³/mol. The maximum absolute atomic E-state index is 5.95. The Labute approximate surface area is 149 Å². The maximum atomic E-state index is 5.95. The minimum absolute atomic E-state index is 0.500. The molecule has 0 saturated carbocycles. The Morgan fingerprint density at radius 3 is 2.36 bits per heavy atom. The first-order chi connectivity index (χ1) is 12.4. The van der Waals surface area contributed by atoms with Gasteiger partial charge in [-0.2, -0.15) is 0 Å². The largest absolute Gasteiger partial charge is 0.490 e. The van der Waals surface area contributed by atoms with Gasteiger partial charge in [-0.3, -0.25) is 0 Å². The van der Waals surface area contributed by atoms with Crippen LogP contribution < -0.4 is 14.8 Å². The first-order valence-corrected chi connectivity index (χ1v) is 8.50. The number of nitrogens with one attached hydrogen (secondary N) is 1. The Bertz CT molecular complexity index is 787. The molecule has 0 aliphatic carbocycles. The second kappa shape index (κ2) is 8.90. The number of hydrogen-bond acceptors (Lipinski definition) is 3. The van der Waals surface area contributed by atoms with Crippen LogP contribution in [0.4, 0.5) is 0 Å². The van der Waals surface area contributed by atoms with E-state index >= 15 is 0 Å². The molecule has 0 aliphatic heterocycles. The summed E-state index contributed by atoms with van der Waals surface area (Å²) in [7, 11) is 1.94. The van der Waals surface area contributed by atoms with Crippen LogP contribution in [0.5, 0.6) is 11.5 Å². The molecule has 1 N–H and O–H groups in total. The van der Waals surface area contributed by atoms with Gasteiger partial charge in [0.2, 0.25) is 0 Å². The third kappa shape index (κ3) is 4.85. The highest BCUT2D eigenvalue weighted by atomic mass is 16.5. The minimum Gasteiger partial charge on any atom is -0.490 e. The molecule has 0 aromatic heterocycles. The molecule has 3 heteroatoms. The average Bonchev–Trinajstić information content (AvgIpc) is 2.67. The molecule has 0 radical (unpaired) electrons. The van der Waals surface area contributed by atoms with Crippen LogP contribution in [0.1, 0.15) is 5.56 Å². The van der Waals surface area contributed by atoms with Crippen LogP contribution in [0.15, 0.2) is 78.9 Å². The zero-order valence-electron chi connectivity index (χ0n) is 14.4. The summed E-state index contributed by atoms with van der Waals surface area (Å²) in [6.07, 6.45) is 0. The normalized spacial score (nSPS) is 10.4. The number of benzene rings is 3. The molecule has 0 unspecified atom stereocenters. The van der Waals surface area contributed by atoms with Crippen molar-refractivity contribution in [1.29, 1.82) is 0 Å². The van der Waals surface area contributed by atoms with Gasteiger partial charge in [0.05, 0.1) is 0 Å². The van der Waals surface area contributed by atoms with Crippen molar-refractivity contribution in [3.8, 4) is 22.6 Å². The van der Waals surface area contributed by atoms with Gasteiger partial charge in [0.15, 0.2) is 0 Å². The third-order valence-corrected chi connectivity index (χ3v) is 3.86. The van der Waals surface area contributed by atoms with E-state index < -0.39 is 0 Å². The van der Waals surface area contributed by atoms with Gasteiger partial charge in [-0.15, -0.1) is 0 Å². The van der Waals surface area contributed by atoms with Gasteiger partial charge in [-0.1, -0.05) is 60.7 Å². The molecule has 128 valence electrons. The van der Waals surface area contributed by atoms with Gasteiger partial charge in [-0.05, 0) is 36.4 Å². The molecule has 0 fully saturated rings. The van der Waals surface area contributed by atoms with Crippen LogP contribution in [-0.4, -0.2) is 20.3 Å². The highest BCUT2D eigenvalue weighted by Crippen LogP contribution is 2.29. The summed E-state index contributed by atoms with van der Waals surface area (Å²) in [4.78, 5) is 0. The van der Waals surface area contributed by atoms with Crippen LogP contribution >= 0.6 is 0 Å². The SMILES string of the molecule is CNCc1cccc(OCCOc2ccccc2-c2ccccc2)c1. The van der Waals surface area contributed by atoms with Crippen molar-refractivity contribution in [2.24, 2.45) is 0 Å². The fourth-order valence-corrected chi connectivity index (χ4v) is 2.71. The Morgan fingerprint density at radius 2 is 1.52 bits per heavy atom. The van der Waals surface area contributed by atoms with E-state index in [9.17, 15) is 0 Å². The Balaban J connectivity index is 1.57. The molecule has 25 heavy (non-hydrogen) atoms. The third-order valence-electron chi connectivity index (χ3n) is 3.86. The molecule has 0 amide bonds. The van der Waals surface area contributed by atoms with Crippen molar-refractivity contribution < 1.29 is 9.47 Å². The summed E-state index contributed by atoms with van der Waals surface area (Å²) in [6, 6.07) is 26.5. The summed E-state index contributed by atoms with van der Waals surface area (Å²) >= 11 is 0. The molecule has 3 aromatic carbocycles. The summed E-state index contributed by atoms with van der Waals surface area (Å²) in [6.45, 7) is 1.84. The molecule has 0 bridgehead atoms. The summed E-state index contributed by atoms with van der Waals surface area (Å²) in [5.41, 5.74) is 3.45. The first kappa shape index (κ1) is 17.1. The quantitative estimate of drug-likeness (QED) is 0.614. The smallest absolute Gasteiger partial charge is 0.127 e. The topological polar surface area (TPSA) is 30.5 Å². The molecule has 3 nitrogen and oxygen atoms in total. The van der Waals surface area contributed by atoms with E-state index in [1.54, 1.807) is 0 Å². The number of para-hydroxylation sites is 1. The molecule has 3 rings (SSSR count). The van der Waals surface area contributed by atoms with Crippen LogP contribution in [-0.2, 0) is 6.54 Å². The molecule has 3 aromatic rings. The van der Waals surface area contributed by atoms with Crippen LogP contribution in [0.25, 0.3) is 11.1 Å². The van der Waals surface area contributed by atoms with Gasteiger partial charge in [0, 0.05) is 12.1 Å². The van der Waals surface area contributed by atoms with Crippen molar-refractivity contribution >= 4 is 0 Å². The number of hydrogen-bond donors (Lipinski definition) is 1. The van der Waals surface area contributed by atoms with Gasteiger partial charge < -0.3 is 14.8 Å². The van der Waals surface area contributed by atoms with E-state index in [0.717, 1.165) is 29.2 Å². The van der Waals surface area contributed by atoms with Gasteiger partial charge in [-0.25, -0.2) is 0 Å². The molecule has 0 spiro atoms. The van der Waals surface area contributed by atoms with E-state index in [4.69, 9.17) is 9.47 Å². The molecule has 0 heterocycles. The fraction of sp³-hybridized carbons (Fsp3) is 0.182. The van der Waals surface area contributed by atoms with Crippen LogP contribution in [0, 0.1) is 0 Å². The molecular formula is C22H23NO2. The van der Waals surface area contributed by atoms with Crippen LogP contribution in [0.3, 0.4) is 0 Å². The molecular weight excluding hydrogens is 310 g/mol. The molecule has 0 saturated heterocycles. The van der Waals surface area contributed by atoms with Crippen molar-refractivity contribution in [2.45, 2.75) is 6.54 Å². The second-order valence-corrected chi connectivity index (χ2v) is 5.74. The lowest BCUT2D eigenvalue weighted by Gasteiger charge is -2.13. The fourth-order valence-electron chi connectivity index (χ4n) is 2.71. The second-order valence-electron chi connectivity index (χ2n) is 5.74. The zero-order chi connectivity index (χ0) is 17.3.